The number of carbonyl (C=O) groups is 1. The van der Waals surface area contributed by atoms with Crippen LogP contribution in [0, 0.1) is 31.0 Å². The number of pyridine rings is 1. The number of ether oxygens (including phenoxy) is 1. The van der Waals surface area contributed by atoms with Gasteiger partial charge in [-0.1, -0.05) is 38.1 Å². The van der Waals surface area contributed by atoms with Gasteiger partial charge >= 0.3 is 5.97 Å². The number of nitrogens with zero attached hydrogens (tertiary/aromatic N) is 3. The van der Waals surface area contributed by atoms with Crippen LogP contribution in [-0.4, -0.2) is 60.4 Å². The van der Waals surface area contributed by atoms with Crippen LogP contribution in [0.5, 0.6) is 0 Å². The van der Waals surface area contributed by atoms with E-state index < -0.39 is 5.97 Å². The average Bonchev–Trinajstić information content (AvgIpc) is 3.04. The van der Waals surface area contributed by atoms with Crippen LogP contribution in [-0.2, 0) is 42.0 Å². The van der Waals surface area contributed by atoms with Gasteiger partial charge < -0.3 is 20.1 Å². The van der Waals surface area contributed by atoms with E-state index in [9.17, 15) is 14.3 Å². The number of aliphatic carboxylic acids is 1. The number of anilines is 1. The zero-order valence-corrected chi connectivity index (χ0v) is 28.6. The first-order valence-corrected chi connectivity index (χ1v) is 17.4. The highest BCUT2D eigenvalue weighted by atomic mass is 19.1. The van der Waals surface area contributed by atoms with Crippen LogP contribution in [0.3, 0.4) is 0 Å². The largest absolute Gasteiger partial charge is 0.481 e. The van der Waals surface area contributed by atoms with E-state index in [-0.39, 0.29) is 17.7 Å². The fourth-order valence-electron chi connectivity index (χ4n) is 7.59. The first-order valence-electron chi connectivity index (χ1n) is 17.4. The molecule has 3 aromatic rings. The van der Waals surface area contributed by atoms with Crippen molar-refractivity contribution >= 4 is 11.7 Å². The Morgan fingerprint density at radius 2 is 1.83 bits per heavy atom. The van der Waals surface area contributed by atoms with Crippen molar-refractivity contribution in [3.05, 3.63) is 81.4 Å². The molecule has 0 saturated carbocycles. The molecule has 2 aromatic carbocycles. The minimum absolute atomic E-state index is 0.0421. The van der Waals surface area contributed by atoms with Gasteiger partial charge in [0.2, 0.25) is 0 Å². The third-order valence-electron chi connectivity index (χ3n) is 10.7. The summed E-state index contributed by atoms with van der Waals surface area (Å²) in [5, 5.41) is 13.8. The molecule has 6 rings (SSSR count). The molecule has 3 aliphatic rings. The standard InChI is InChI=1S/C39H51FN4O3/c1-26-19-33(40)8-7-31(26)24-43-14-9-29-20-30(5-6-32(29)25-43)37-35(23-41-22-28-10-17-47-18-11-28)42-27(2)34(21-36(45)46)38(37)44-15-12-39(3,4)13-16-44/h5-8,19-20,28,41H,9-18,21-25H2,1-4H3,(H,45,46). The molecule has 47 heavy (non-hydrogen) atoms. The van der Waals surface area contributed by atoms with E-state index in [2.05, 4.69) is 47.2 Å². The summed E-state index contributed by atoms with van der Waals surface area (Å²) in [6.07, 6.45) is 5.15. The Labute approximate surface area is 279 Å². The van der Waals surface area contributed by atoms with Crippen LogP contribution in [0.15, 0.2) is 36.4 Å². The first-order chi connectivity index (χ1) is 22.6. The van der Waals surface area contributed by atoms with Gasteiger partial charge in [-0.25, -0.2) is 4.39 Å². The molecule has 2 fully saturated rings. The third-order valence-corrected chi connectivity index (χ3v) is 10.7. The van der Waals surface area contributed by atoms with E-state index in [0.29, 0.717) is 12.5 Å². The van der Waals surface area contributed by atoms with Gasteiger partial charge in [0.25, 0.3) is 0 Å². The summed E-state index contributed by atoms with van der Waals surface area (Å²) in [4.78, 5) is 22.3. The molecule has 0 unspecified atom stereocenters. The Morgan fingerprint density at radius 3 is 2.55 bits per heavy atom. The summed E-state index contributed by atoms with van der Waals surface area (Å²) in [6.45, 7) is 16.2. The number of benzene rings is 2. The lowest BCUT2D eigenvalue weighted by Gasteiger charge is -2.40. The van der Waals surface area contributed by atoms with Gasteiger partial charge in [-0.3, -0.25) is 14.7 Å². The van der Waals surface area contributed by atoms with Crippen molar-refractivity contribution in [2.75, 3.05) is 44.3 Å². The first kappa shape index (κ1) is 33.6. The molecule has 0 amide bonds. The van der Waals surface area contributed by atoms with Crippen LogP contribution in [0.4, 0.5) is 10.1 Å². The van der Waals surface area contributed by atoms with E-state index in [0.717, 1.165) is 129 Å². The van der Waals surface area contributed by atoms with Crippen molar-refractivity contribution in [2.45, 2.75) is 85.9 Å². The molecular weight excluding hydrogens is 591 g/mol. The van der Waals surface area contributed by atoms with E-state index in [1.807, 2.05) is 19.9 Å². The van der Waals surface area contributed by atoms with Crippen LogP contribution in [0.2, 0.25) is 0 Å². The summed E-state index contributed by atoms with van der Waals surface area (Å²) in [6, 6.07) is 11.9. The van der Waals surface area contributed by atoms with Gasteiger partial charge in [0.05, 0.1) is 17.8 Å². The van der Waals surface area contributed by atoms with Gasteiger partial charge in [-0.2, -0.15) is 0 Å². The molecule has 0 bridgehead atoms. The topological polar surface area (TPSA) is 77.9 Å². The number of rotatable bonds is 10. The Balaban J connectivity index is 1.35. The quantitative estimate of drug-likeness (QED) is 0.251. The number of carboxylic acids is 1. The summed E-state index contributed by atoms with van der Waals surface area (Å²) in [5.74, 6) is -0.425. The average molecular weight is 643 g/mol. The van der Waals surface area contributed by atoms with E-state index in [1.165, 1.54) is 11.1 Å². The van der Waals surface area contributed by atoms with Crippen LogP contribution in [0.25, 0.3) is 11.1 Å². The summed E-state index contributed by atoms with van der Waals surface area (Å²) in [5.41, 5.74) is 11.0. The van der Waals surface area contributed by atoms with Crippen LogP contribution >= 0.6 is 0 Å². The molecule has 2 saturated heterocycles. The number of hydrogen-bond acceptors (Lipinski definition) is 6. The number of aryl methyl sites for hydroxylation is 2. The summed E-state index contributed by atoms with van der Waals surface area (Å²) >= 11 is 0. The van der Waals surface area contributed by atoms with Crippen molar-refractivity contribution in [1.29, 1.82) is 0 Å². The maximum atomic E-state index is 13.7. The molecule has 1 aromatic heterocycles. The van der Waals surface area contributed by atoms with Gasteiger partial charge in [0.1, 0.15) is 5.82 Å². The number of fused-ring (bicyclic) bond motifs is 1. The number of nitrogens with one attached hydrogen (secondary N) is 1. The molecule has 0 aliphatic carbocycles. The SMILES string of the molecule is Cc1cc(F)ccc1CN1CCc2cc(-c3c(CNCC4CCOCC4)nc(C)c(CC(=O)O)c3N3CCC(C)(C)CC3)ccc2C1. The van der Waals surface area contributed by atoms with Gasteiger partial charge in [-0.05, 0) is 104 Å². The maximum Gasteiger partial charge on any atom is 0.307 e. The molecule has 2 N–H and O–H groups in total. The minimum Gasteiger partial charge on any atom is -0.481 e. The van der Waals surface area contributed by atoms with E-state index in [1.54, 1.807) is 12.1 Å². The Hall–Kier alpha value is -3.33. The number of piperidine rings is 1. The molecule has 0 spiro atoms. The van der Waals surface area contributed by atoms with Crippen molar-refractivity contribution in [3.63, 3.8) is 0 Å². The van der Waals surface area contributed by atoms with Gasteiger partial charge in [-0.15, -0.1) is 0 Å². The minimum atomic E-state index is -0.827. The monoisotopic (exact) mass is 642 g/mol. The number of aromatic nitrogens is 1. The van der Waals surface area contributed by atoms with Crippen molar-refractivity contribution in [2.24, 2.45) is 11.3 Å². The fourth-order valence-corrected chi connectivity index (χ4v) is 7.59. The lowest BCUT2D eigenvalue weighted by Crippen LogP contribution is -2.38. The Bertz CT molecular complexity index is 1590. The maximum absolute atomic E-state index is 13.7. The normalized spacial score (nSPS) is 18.7. The Kier molecular flexibility index (Phi) is 10.3. The smallest absolute Gasteiger partial charge is 0.307 e. The molecular formula is C39H51FN4O3. The summed E-state index contributed by atoms with van der Waals surface area (Å²) in [7, 11) is 0. The highest BCUT2D eigenvalue weighted by Gasteiger charge is 2.31. The number of hydrogen-bond donors (Lipinski definition) is 2. The van der Waals surface area contributed by atoms with Gasteiger partial charge in [0, 0.05) is 69.3 Å². The molecule has 4 heterocycles. The molecule has 252 valence electrons. The van der Waals surface area contributed by atoms with Crippen molar-refractivity contribution in [1.82, 2.24) is 15.2 Å². The Morgan fingerprint density at radius 1 is 1.06 bits per heavy atom. The molecule has 3 aliphatic heterocycles. The lowest BCUT2D eigenvalue weighted by atomic mass is 9.81. The van der Waals surface area contributed by atoms with Gasteiger partial charge in [0.15, 0.2) is 0 Å². The van der Waals surface area contributed by atoms with Crippen molar-refractivity contribution in [3.8, 4) is 11.1 Å². The molecule has 0 atom stereocenters. The lowest BCUT2D eigenvalue weighted by molar-refractivity contribution is -0.136. The number of carboxylic acid groups (broad SMARTS) is 1. The second-order valence-electron chi connectivity index (χ2n) is 14.8. The second kappa shape index (κ2) is 14.4. The van der Waals surface area contributed by atoms with Crippen molar-refractivity contribution < 1.29 is 19.0 Å². The van der Waals surface area contributed by atoms with Crippen LogP contribution in [0.1, 0.15) is 78.7 Å². The highest BCUT2D eigenvalue weighted by molar-refractivity contribution is 5.87. The zero-order chi connectivity index (χ0) is 33.1. The zero-order valence-electron chi connectivity index (χ0n) is 28.6. The van der Waals surface area contributed by atoms with E-state index in [4.69, 9.17) is 9.72 Å². The van der Waals surface area contributed by atoms with Crippen LogP contribution < -0.4 is 10.2 Å². The fraction of sp³-hybridized carbons (Fsp3) is 0.538. The summed E-state index contributed by atoms with van der Waals surface area (Å²) < 4.78 is 19.3. The predicted octanol–water partition coefficient (Wildman–Crippen LogP) is 6.83. The molecule has 7 nitrogen and oxygen atoms in total. The second-order valence-corrected chi connectivity index (χ2v) is 14.8. The number of halogens is 1. The molecule has 0 radical (unpaired) electrons. The van der Waals surface area contributed by atoms with E-state index >= 15 is 0 Å². The predicted molar refractivity (Wildman–Crippen MR) is 185 cm³/mol. The molecule has 8 heteroatoms. The highest BCUT2D eigenvalue weighted by Crippen LogP contribution is 2.42. The third kappa shape index (κ3) is 8.04.